The highest BCUT2D eigenvalue weighted by Gasteiger charge is 2.20. The molecule has 1 amide bonds. The molecule has 2 aromatic heterocycles. The predicted molar refractivity (Wildman–Crippen MR) is 105 cm³/mol. The van der Waals surface area contributed by atoms with Gasteiger partial charge in [0, 0.05) is 16.8 Å². The number of hydrogen-bond acceptors (Lipinski definition) is 6. The number of halogens is 2. The molecule has 1 atom stereocenters. The zero-order valence-electron chi connectivity index (χ0n) is 14.8. The third-order valence-corrected chi connectivity index (χ3v) is 5.31. The molecule has 28 heavy (non-hydrogen) atoms. The quantitative estimate of drug-likeness (QED) is 0.612. The first kappa shape index (κ1) is 20.2. The van der Waals surface area contributed by atoms with Crippen molar-refractivity contribution in [3.8, 4) is 5.82 Å². The van der Waals surface area contributed by atoms with Crippen LogP contribution in [0, 0.1) is 0 Å². The van der Waals surface area contributed by atoms with Gasteiger partial charge < -0.3 is 5.32 Å². The van der Waals surface area contributed by atoms with Crippen LogP contribution in [-0.4, -0.2) is 40.3 Å². The van der Waals surface area contributed by atoms with E-state index in [2.05, 4.69) is 20.4 Å². The third-order valence-electron chi connectivity index (χ3n) is 3.79. The number of sulfone groups is 1. The maximum atomic E-state index is 12.6. The summed E-state index contributed by atoms with van der Waals surface area (Å²) in [6, 6.07) is 8.45. The fraction of sp³-hybridized carbons (Fsp3) is 0.176. The lowest BCUT2D eigenvalue weighted by atomic mass is 10.2. The lowest BCUT2D eigenvalue weighted by Crippen LogP contribution is -2.29. The Morgan fingerprint density at radius 3 is 2.64 bits per heavy atom. The van der Waals surface area contributed by atoms with Crippen molar-refractivity contribution in [1.29, 1.82) is 0 Å². The van der Waals surface area contributed by atoms with Gasteiger partial charge in [-0.15, -0.1) is 0 Å². The van der Waals surface area contributed by atoms with Crippen molar-refractivity contribution in [2.75, 3.05) is 6.26 Å². The van der Waals surface area contributed by atoms with Gasteiger partial charge in [0.15, 0.2) is 21.5 Å². The molecule has 0 saturated heterocycles. The van der Waals surface area contributed by atoms with Crippen LogP contribution in [-0.2, 0) is 9.84 Å². The summed E-state index contributed by atoms with van der Waals surface area (Å²) in [7, 11) is -3.51. The average Bonchev–Trinajstić information content (AvgIpc) is 3.10. The number of nitrogens with one attached hydrogen (secondary N) is 1. The molecule has 3 aromatic rings. The molecule has 0 aliphatic rings. The molecule has 0 saturated carbocycles. The second kappa shape index (κ2) is 7.86. The Balaban J connectivity index is 1.87. The molecule has 0 aliphatic carbocycles. The zero-order valence-corrected chi connectivity index (χ0v) is 17.1. The smallest absolute Gasteiger partial charge is 0.251 e. The first-order chi connectivity index (χ1) is 13.1. The Morgan fingerprint density at radius 1 is 1.21 bits per heavy atom. The number of aromatic nitrogens is 4. The molecular formula is C17H15Cl2N5O3S. The van der Waals surface area contributed by atoms with Gasteiger partial charge in [0.2, 0.25) is 0 Å². The van der Waals surface area contributed by atoms with Crippen molar-refractivity contribution < 1.29 is 13.2 Å². The molecule has 146 valence electrons. The van der Waals surface area contributed by atoms with Crippen molar-refractivity contribution in [2.24, 2.45) is 0 Å². The number of hydrogen-bond donors (Lipinski definition) is 1. The largest absolute Gasteiger partial charge is 0.342 e. The highest BCUT2D eigenvalue weighted by atomic mass is 35.5. The third kappa shape index (κ3) is 4.49. The lowest BCUT2D eigenvalue weighted by molar-refractivity contribution is 0.0937. The van der Waals surface area contributed by atoms with Crippen molar-refractivity contribution in [1.82, 2.24) is 25.1 Å². The predicted octanol–water partition coefficient (Wildman–Crippen LogP) is 2.86. The van der Waals surface area contributed by atoms with E-state index in [1.807, 2.05) is 0 Å². The van der Waals surface area contributed by atoms with Crippen LogP contribution in [0.4, 0.5) is 0 Å². The minimum atomic E-state index is -3.51. The average molecular weight is 440 g/mol. The molecule has 0 radical (unpaired) electrons. The number of carbonyl (C=O) groups excluding carboxylic acids is 1. The minimum Gasteiger partial charge on any atom is -0.342 e. The molecule has 0 fully saturated rings. The van der Waals surface area contributed by atoms with Crippen molar-refractivity contribution in [3.05, 3.63) is 64.3 Å². The SMILES string of the molecule is C[C@@H](NC(=O)c1cc(Cl)cc(S(C)(=O)=O)c1)c1ncnn1-c1cccc(Cl)n1. The number of pyridine rings is 1. The van der Waals surface area contributed by atoms with E-state index in [4.69, 9.17) is 23.2 Å². The van der Waals surface area contributed by atoms with Gasteiger partial charge >= 0.3 is 0 Å². The molecule has 0 aliphatic heterocycles. The van der Waals surface area contributed by atoms with Crippen LogP contribution in [0.5, 0.6) is 0 Å². The fourth-order valence-corrected chi connectivity index (χ4v) is 3.63. The summed E-state index contributed by atoms with van der Waals surface area (Å²) in [4.78, 5) is 20.9. The van der Waals surface area contributed by atoms with E-state index in [-0.39, 0.29) is 15.5 Å². The van der Waals surface area contributed by atoms with E-state index >= 15 is 0 Å². The summed E-state index contributed by atoms with van der Waals surface area (Å²) in [6.45, 7) is 1.71. The van der Waals surface area contributed by atoms with Crippen LogP contribution in [0.3, 0.4) is 0 Å². The number of carbonyl (C=O) groups is 1. The maximum absolute atomic E-state index is 12.6. The zero-order chi connectivity index (χ0) is 20.5. The molecule has 11 heteroatoms. The van der Waals surface area contributed by atoms with Crippen LogP contribution in [0.1, 0.15) is 29.1 Å². The molecule has 0 spiro atoms. The second-order valence-electron chi connectivity index (χ2n) is 5.99. The maximum Gasteiger partial charge on any atom is 0.251 e. The van der Waals surface area contributed by atoms with Gasteiger partial charge in [-0.2, -0.15) is 9.78 Å². The summed E-state index contributed by atoms with van der Waals surface area (Å²) in [5.74, 6) is 0.366. The Labute approximate surface area is 171 Å². The van der Waals surface area contributed by atoms with E-state index < -0.39 is 21.8 Å². The van der Waals surface area contributed by atoms with Gasteiger partial charge in [-0.25, -0.2) is 18.4 Å². The number of benzene rings is 1. The standard InChI is InChI=1S/C17H15Cl2N5O3S/c1-10(16-20-9-21-24(16)15-5-3-4-14(19)23-15)22-17(25)11-6-12(18)8-13(7-11)28(2,26)27/h3-10H,1-2H3,(H,22,25)/t10-/m1/s1. The molecule has 0 bridgehead atoms. The monoisotopic (exact) mass is 439 g/mol. The van der Waals surface area contributed by atoms with E-state index in [1.54, 1.807) is 25.1 Å². The van der Waals surface area contributed by atoms with Crippen LogP contribution in [0.2, 0.25) is 10.2 Å². The van der Waals surface area contributed by atoms with Crippen LogP contribution in [0.25, 0.3) is 5.82 Å². The molecule has 8 nitrogen and oxygen atoms in total. The molecule has 1 aromatic carbocycles. The summed E-state index contributed by atoms with van der Waals surface area (Å²) in [5.41, 5.74) is 0.117. The number of amides is 1. The van der Waals surface area contributed by atoms with Gasteiger partial charge in [0.1, 0.15) is 11.5 Å². The Bertz CT molecular complexity index is 1150. The van der Waals surface area contributed by atoms with Gasteiger partial charge in [0.05, 0.1) is 10.9 Å². The fourth-order valence-electron chi connectivity index (χ4n) is 2.49. The Morgan fingerprint density at radius 2 is 1.96 bits per heavy atom. The normalized spacial score (nSPS) is 12.6. The summed E-state index contributed by atoms with van der Waals surface area (Å²) in [6.07, 6.45) is 2.38. The first-order valence-corrected chi connectivity index (χ1v) is 10.6. The van der Waals surface area contributed by atoms with E-state index in [9.17, 15) is 13.2 Å². The molecule has 3 rings (SSSR count). The molecule has 0 unspecified atom stereocenters. The summed E-state index contributed by atoms with van der Waals surface area (Å²) >= 11 is 11.9. The molecular weight excluding hydrogens is 425 g/mol. The molecule has 1 N–H and O–H groups in total. The van der Waals surface area contributed by atoms with Crippen molar-refractivity contribution in [2.45, 2.75) is 17.9 Å². The van der Waals surface area contributed by atoms with Gasteiger partial charge in [-0.3, -0.25) is 4.79 Å². The van der Waals surface area contributed by atoms with E-state index in [0.29, 0.717) is 16.8 Å². The van der Waals surface area contributed by atoms with Gasteiger partial charge in [-0.1, -0.05) is 29.3 Å². The molecule has 2 heterocycles. The van der Waals surface area contributed by atoms with Crippen LogP contribution in [0.15, 0.2) is 47.6 Å². The van der Waals surface area contributed by atoms with Crippen LogP contribution < -0.4 is 5.32 Å². The van der Waals surface area contributed by atoms with Crippen LogP contribution >= 0.6 is 23.2 Å². The summed E-state index contributed by atoms with van der Waals surface area (Å²) in [5, 5.41) is 7.31. The van der Waals surface area contributed by atoms with E-state index in [1.165, 1.54) is 29.2 Å². The Kier molecular flexibility index (Phi) is 5.69. The first-order valence-electron chi connectivity index (χ1n) is 7.99. The Hall–Kier alpha value is -2.49. The van der Waals surface area contributed by atoms with Crippen molar-refractivity contribution >= 4 is 38.9 Å². The van der Waals surface area contributed by atoms with Gasteiger partial charge in [0.25, 0.3) is 5.91 Å². The minimum absolute atomic E-state index is 0.0379. The second-order valence-corrected chi connectivity index (χ2v) is 8.83. The van der Waals surface area contributed by atoms with Gasteiger partial charge in [-0.05, 0) is 37.3 Å². The lowest BCUT2D eigenvalue weighted by Gasteiger charge is -2.15. The number of nitrogens with zero attached hydrogens (tertiary/aromatic N) is 4. The summed E-state index contributed by atoms with van der Waals surface area (Å²) < 4.78 is 25.0. The highest BCUT2D eigenvalue weighted by Crippen LogP contribution is 2.20. The van der Waals surface area contributed by atoms with Crippen molar-refractivity contribution in [3.63, 3.8) is 0 Å². The van der Waals surface area contributed by atoms with E-state index in [0.717, 1.165) is 6.26 Å². The number of rotatable bonds is 5. The topological polar surface area (TPSA) is 107 Å². The highest BCUT2D eigenvalue weighted by molar-refractivity contribution is 7.90.